The molecule has 0 aliphatic carbocycles. The minimum atomic E-state index is -0.387. The predicted octanol–water partition coefficient (Wildman–Crippen LogP) is 2.54. The SMILES string of the molecule is COC(=O)N1CCC[C@H](C(=O)NCc2cc3cccc(OC)c3o2)C1. The van der Waals surface area contributed by atoms with E-state index in [9.17, 15) is 9.59 Å². The molecule has 1 aromatic heterocycles. The van der Waals surface area contributed by atoms with Gasteiger partial charge in [0, 0.05) is 18.5 Å². The number of methoxy groups -OCH3 is 2. The number of carbonyl (C=O) groups is 2. The highest BCUT2D eigenvalue weighted by molar-refractivity contribution is 5.84. The van der Waals surface area contributed by atoms with Crippen LogP contribution in [0.3, 0.4) is 0 Å². The van der Waals surface area contributed by atoms with E-state index in [1.165, 1.54) is 7.11 Å². The summed E-state index contributed by atoms with van der Waals surface area (Å²) < 4.78 is 15.8. The highest BCUT2D eigenvalue weighted by Crippen LogP contribution is 2.28. The fourth-order valence-electron chi connectivity index (χ4n) is 3.14. The van der Waals surface area contributed by atoms with Crippen molar-refractivity contribution in [1.29, 1.82) is 0 Å². The summed E-state index contributed by atoms with van der Waals surface area (Å²) in [5.74, 6) is 1.01. The van der Waals surface area contributed by atoms with E-state index in [4.69, 9.17) is 13.9 Å². The van der Waals surface area contributed by atoms with Gasteiger partial charge in [0.1, 0.15) is 5.76 Å². The van der Waals surface area contributed by atoms with E-state index in [1.807, 2.05) is 24.3 Å². The molecule has 0 bridgehead atoms. The maximum Gasteiger partial charge on any atom is 0.409 e. The van der Waals surface area contributed by atoms with E-state index >= 15 is 0 Å². The lowest BCUT2D eigenvalue weighted by Gasteiger charge is -2.30. The van der Waals surface area contributed by atoms with E-state index in [1.54, 1.807) is 12.0 Å². The van der Waals surface area contributed by atoms with Gasteiger partial charge in [-0.2, -0.15) is 0 Å². The van der Waals surface area contributed by atoms with Gasteiger partial charge in [0.2, 0.25) is 5.91 Å². The quantitative estimate of drug-likeness (QED) is 0.920. The first-order valence-corrected chi connectivity index (χ1v) is 8.28. The summed E-state index contributed by atoms with van der Waals surface area (Å²) in [4.78, 5) is 25.6. The van der Waals surface area contributed by atoms with Crippen LogP contribution in [0, 0.1) is 5.92 Å². The highest BCUT2D eigenvalue weighted by atomic mass is 16.5. The van der Waals surface area contributed by atoms with Crippen molar-refractivity contribution >= 4 is 23.0 Å². The molecule has 25 heavy (non-hydrogen) atoms. The number of hydrogen-bond acceptors (Lipinski definition) is 5. The average Bonchev–Trinajstić information content (AvgIpc) is 3.08. The van der Waals surface area contributed by atoms with Gasteiger partial charge in [-0.15, -0.1) is 0 Å². The Labute approximate surface area is 145 Å². The fourth-order valence-corrected chi connectivity index (χ4v) is 3.14. The van der Waals surface area contributed by atoms with Crippen LogP contribution in [0.5, 0.6) is 5.75 Å². The Kier molecular flexibility index (Phi) is 5.11. The Balaban J connectivity index is 1.61. The lowest BCUT2D eigenvalue weighted by molar-refractivity contribution is -0.126. The molecule has 134 valence electrons. The van der Waals surface area contributed by atoms with Crippen LogP contribution in [-0.4, -0.2) is 44.2 Å². The molecule has 0 unspecified atom stereocenters. The molecule has 1 aliphatic heterocycles. The smallest absolute Gasteiger partial charge is 0.409 e. The van der Waals surface area contributed by atoms with Crippen molar-refractivity contribution < 1.29 is 23.5 Å². The summed E-state index contributed by atoms with van der Waals surface area (Å²) in [6, 6.07) is 7.54. The van der Waals surface area contributed by atoms with Crippen molar-refractivity contribution in [2.45, 2.75) is 19.4 Å². The molecule has 1 fully saturated rings. The minimum absolute atomic E-state index is 0.0824. The van der Waals surface area contributed by atoms with Gasteiger partial charge in [-0.1, -0.05) is 12.1 Å². The number of para-hydroxylation sites is 1. The maximum atomic E-state index is 12.4. The van der Waals surface area contributed by atoms with Gasteiger partial charge in [0.15, 0.2) is 11.3 Å². The molecule has 2 heterocycles. The first-order chi connectivity index (χ1) is 12.1. The molecule has 3 rings (SSSR count). The first-order valence-electron chi connectivity index (χ1n) is 8.28. The number of likely N-dealkylation sites (tertiary alicyclic amines) is 1. The number of carbonyl (C=O) groups excluding carboxylic acids is 2. The summed E-state index contributed by atoms with van der Waals surface area (Å²) in [5, 5.41) is 3.82. The third kappa shape index (κ3) is 3.70. The van der Waals surface area contributed by atoms with Crippen LogP contribution < -0.4 is 10.1 Å². The van der Waals surface area contributed by atoms with Crippen LogP contribution >= 0.6 is 0 Å². The second-order valence-corrected chi connectivity index (χ2v) is 6.06. The summed E-state index contributed by atoms with van der Waals surface area (Å²) >= 11 is 0. The third-order valence-corrected chi connectivity index (χ3v) is 4.44. The van der Waals surface area contributed by atoms with Gasteiger partial charge in [0.05, 0.1) is 26.7 Å². The Hall–Kier alpha value is -2.70. The van der Waals surface area contributed by atoms with E-state index in [0.717, 1.165) is 18.2 Å². The zero-order valence-electron chi connectivity index (χ0n) is 14.4. The minimum Gasteiger partial charge on any atom is -0.493 e. The van der Waals surface area contributed by atoms with Crippen LogP contribution in [0.25, 0.3) is 11.0 Å². The highest BCUT2D eigenvalue weighted by Gasteiger charge is 2.28. The number of nitrogens with one attached hydrogen (secondary N) is 1. The van der Waals surface area contributed by atoms with Gasteiger partial charge in [-0.05, 0) is 25.0 Å². The topological polar surface area (TPSA) is 81.0 Å². The summed E-state index contributed by atoms with van der Waals surface area (Å²) in [7, 11) is 2.94. The number of piperidine rings is 1. The van der Waals surface area contributed by atoms with Gasteiger partial charge < -0.3 is 24.1 Å². The van der Waals surface area contributed by atoms with Gasteiger partial charge in [-0.25, -0.2) is 4.79 Å². The largest absolute Gasteiger partial charge is 0.493 e. The van der Waals surface area contributed by atoms with Crippen molar-refractivity contribution in [1.82, 2.24) is 10.2 Å². The molecule has 7 heteroatoms. The molecular weight excluding hydrogens is 324 g/mol. The first kappa shape index (κ1) is 17.1. The zero-order valence-corrected chi connectivity index (χ0v) is 14.4. The number of fused-ring (bicyclic) bond motifs is 1. The normalized spacial score (nSPS) is 17.4. The lowest BCUT2D eigenvalue weighted by atomic mass is 9.97. The van der Waals surface area contributed by atoms with Gasteiger partial charge in [0.25, 0.3) is 0 Å². The second-order valence-electron chi connectivity index (χ2n) is 6.06. The van der Waals surface area contributed by atoms with Gasteiger partial charge >= 0.3 is 6.09 Å². The van der Waals surface area contributed by atoms with Crippen molar-refractivity contribution in [3.63, 3.8) is 0 Å². The molecule has 1 aromatic carbocycles. The van der Waals surface area contributed by atoms with Crippen molar-refractivity contribution in [3.8, 4) is 5.75 Å². The summed E-state index contributed by atoms with van der Waals surface area (Å²) in [6.45, 7) is 1.30. The molecule has 2 aromatic rings. The molecule has 0 radical (unpaired) electrons. The van der Waals surface area contributed by atoms with E-state index in [-0.39, 0.29) is 17.9 Å². The van der Waals surface area contributed by atoms with Crippen LogP contribution in [0.2, 0.25) is 0 Å². The molecule has 1 aliphatic rings. The summed E-state index contributed by atoms with van der Waals surface area (Å²) in [6.07, 6.45) is 1.16. The van der Waals surface area contributed by atoms with Crippen molar-refractivity contribution in [2.24, 2.45) is 5.92 Å². The number of ether oxygens (including phenoxy) is 2. The monoisotopic (exact) mass is 346 g/mol. The van der Waals surface area contributed by atoms with Crippen LogP contribution in [0.4, 0.5) is 4.79 Å². The maximum absolute atomic E-state index is 12.4. The molecule has 1 atom stereocenters. The average molecular weight is 346 g/mol. The number of hydrogen-bond donors (Lipinski definition) is 1. The fraction of sp³-hybridized carbons (Fsp3) is 0.444. The van der Waals surface area contributed by atoms with Crippen molar-refractivity contribution in [2.75, 3.05) is 27.3 Å². The number of nitrogens with zero attached hydrogens (tertiary/aromatic N) is 1. The standard InChI is InChI=1S/C18H22N2O5/c1-23-15-7-3-5-12-9-14(25-16(12)15)10-19-17(21)13-6-4-8-20(11-13)18(22)24-2/h3,5,7,9,13H,4,6,8,10-11H2,1-2H3,(H,19,21)/t13-/m0/s1. The number of rotatable bonds is 4. The molecule has 1 saturated heterocycles. The number of amides is 2. The van der Waals surface area contributed by atoms with Gasteiger partial charge in [-0.3, -0.25) is 4.79 Å². The summed E-state index contributed by atoms with van der Waals surface area (Å²) in [5.41, 5.74) is 0.670. The van der Waals surface area contributed by atoms with E-state index in [0.29, 0.717) is 36.7 Å². The molecule has 1 N–H and O–H groups in total. The van der Waals surface area contributed by atoms with Crippen LogP contribution in [-0.2, 0) is 16.1 Å². The lowest BCUT2D eigenvalue weighted by Crippen LogP contribution is -2.45. The van der Waals surface area contributed by atoms with E-state index in [2.05, 4.69) is 5.32 Å². The Morgan fingerprint density at radius 2 is 2.20 bits per heavy atom. The Morgan fingerprint density at radius 3 is 2.96 bits per heavy atom. The van der Waals surface area contributed by atoms with Crippen LogP contribution in [0.1, 0.15) is 18.6 Å². The van der Waals surface area contributed by atoms with Crippen molar-refractivity contribution in [3.05, 3.63) is 30.0 Å². The number of benzene rings is 1. The molecule has 0 spiro atoms. The molecule has 0 saturated carbocycles. The second kappa shape index (κ2) is 7.46. The zero-order chi connectivity index (χ0) is 17.8. The number of furan rings is 1. The molecule has 2 amide bonds. The third-order valence-electron chi connectivity index (χ3n) is 4.44. The van der Waals surface area contributed by atoms with E-state index < -0.39 is 0 Å². The molecule has 7 nitrogen and oxygen atoms in total. The van der Waals surface area contributed by atoms with Crippen LogP contribution in [0.15, 0.2) is 28.7 Å². The predicted molar refractivity (Wildman–Crippen MR) is 91.3 cm³/mol. The Morgan fingerprint density at radius 1 is 1.36 bits per heavy atom. The Bertz CT molecular complexity index is 770. The molecular formula is C18H22N2O5.